The van der Waals surface area contributed by atoms with Gasteiger partial charge in [0.1, 0.15) is 19.8 Å². The van der Waals surface area contributed by atoms with Crippen LogP contribution >= 0.6 is 7.82 Å². The van der Waals surface area contributed by atoms with Crippen molar-refractivity contribution in [3.8, 4) is 0 Å². The van der Waals surface area contributed by atoms with Crippen LogP contribution in [0.1, 0.15) is 206 Å². The topological polar surface area (TPSA) is 108 Å². The molecule has 410 valence electrons. The summed E-state index contributed by atoms with van der Waals surface area (Å²) in [4.78, 5) is 35.7. The Balaban J connectivity index is 4.27. The molecule has 0 aliphatic rings. The summed E-state index contributed by atoms with van der Waals surface area (Å²) >= 11 is 0. The molecule has 0 aromatic carbocycles. The lowest BCUT2D eigenvalue weighted by molar-refractivity contribution is -0.870. The molecule has 0 aliphatic carbocycles. The fourth-order valence-electron chi connectivity index (χ4n) is 7.12. The van der Waals surface area contributed by atoms with Crippen LogP contribution in [0.15, 0.2) is 122 Å². The number of ether oxygens (including phenoxy) is 2. The highest BCUT2D eigenvalue weighted by Crippen LogP contribution is 2.43. The number of phosphoric ester groups is 1. The number of hydrogen-bond donors (Lipinski definition) is 1. The number of unbranched alkanes of at least 4 members (excludes halogenated alkanes) is 16. The molecule has 0 heterocycles. The van der Waals surface area contributed by atoms with Gasteiger partial charge in [-0.2, -0.15) is 0 Å². The van der Waals surface area contributed by atoms with E-state index in [9.17, 15) is 19.0 Å². The molecule has 72 heavy (non-hydrogen) atoms. The van der Waals surface area contributed by atoms with Gasteiger partial charge in [0.15, 0.2) is 6.10 Å². The van der Waals surface area contributed by atoms with Crippen molar-refractivity contribution in [2.24, 2.45) is 0 Å². The number of allylic oxidation sites excluding steroid dienone is 20. The van der Waals surface area contributed by atoms with Gasteiger partial charge < -0.3 is 18.9 Å². The maximum atomic E-state index is 12.8. The van der Waals surface area contributed by atoms with Crippen LogP contribution in [0, 0.1) is 0 Å². The minimum absolute atomic E-state index is 0.0200. The van der Waals surface area contributed by atoms with Crippen LogP contribution in [-0.2, 0) is 32.7 Å². The van der Waals surface area contributed by atoms with Gasteiger partial charge in [-0.3, -0.25) is 18.6 Å². The molecule has 0 saturated carbocycles. The van der Waals surface area contributed by atoms with Gasteiger partial charge in [-0.25, -0.2) is 4.57 Å². The molecule has 0 saturated heterocycles. The van der Waals surface area contributed by atoms with Crippen LogP contribution in [0.4, 0.5) is 0 Å². The average Bonchev–Trinajstić information content (AvgIpc) is 3.34. The summed E-state index contributed by atoms with van der Waals surface area (Å²) in [6.45, 7) is 4.24. The van der Waals surface area contributed by atoms with Gasteiger partial charge in [-0.1, -0.05) is 206 Å². The van der Waals surface area contributed by atoms with E-state index < -0.39 is 26.5 Å². The van der Waals surface area contributed by atoms with Gasteiger partial charge in [-0.05, 0) is 109 Å². The van der Waals surface area contributed by atoms with Crippen molar-refractivity contribution in [1.29, 1.82) is 0 Å². The summed E-state index contributed by atoms with van der Waals surface area (Å²) in [6.07, 6.45) is 73.9. The lowest BCUT2D eigenvalue weighted by atomic mass is 10.1. The monoisotopic (exact) mass is 1020 g/mol. The van der Waals surface area contributed by atoms with Gasteiger partial charge in [0.05, 0.1) is 27.7 Å². The molecule has 2 atom stereocenters. The van der Waals surface area contributed by atoms with Crippen LogP contribution in [0.25, 0.3) is 0 Å². The second-order valence-electron chi connectivity index (χ2n) is 19.6. The third kappa shape index (κ3) is 55.7. The highest BCUT2D eigenvalue weighted by atomic mass is 31.2. The van der Waals surface area contributed by atoms with Crippen molar-refractivity contribution in [2.45, 2.75) is 213 Å². The molecule has 0 spiro atoms. The number of rotatable bonds is 50. The fraction of sp³-hybridized carbons (Fsp3) is 0.645. The van der Waals surface area contributed by atoms with Crippen molar-refractivity contribution in [3.05, 3.63) is 122 Å². The Bertz CT molecular complexity index is 1630. The predicted octanol–water partition coefficient (Wildman–Crippen LogP) is 17.6. The molecular formula is C62H105NO8P+. The van der Waals surface area contributed by atoms with Crippen LogP contribution in [0.5, 0.6) is 0 Å². The van der Waals surface area contributed by atoms with E-state index in [2.05, 4.69) is 135 Å². The Labute approximate surface area is 441 Å². The highest BCUT2D eigenvalue weighted by Gasteiger charge is 2.27. The Morgan fingerprint density at radius 1 is 0.444 bits per heavy atom. The van der Waals surface area contributed by atoms with Gasteiger partial charge in [-0.15, -0.1) is 0 Å². The second kappa shape index (κ2) is 52.3. The van der Waals surface area contributed by atoms with Gasteiger partial charge in [0.25, 0.3) is 0 Å². The maximum absolute atomic E-state index is 12.8. The van der Waals surface area contributed by atoms with Crippen molar-refractivity contribution >= 4 is 19.8 Å². The Hall–Kier alpha value is -3.59. The summed E-state index contributed by atoms with van der Waals surface area (Å²) in [5.74, 6) is -0.834. The lowest BCUT2D eigenvalue weighted by Gasteiger charge is -2.24. The zero-order valence-electron chi connectivity index (χ0n) is 46.4. The number of carbonyl (C=O) groups is 2. The molecule has 0 amide bonds. The third-order valence-corrected chi connectivity index (χ3v) is 12.5. The fourth-order valence-corrected chi connectivity index (χ4v) is 7.86. The van der Waals surface area contributed by atoms with Crippen molar-refractivity contribution in [3.63, 3.8) is 0 Å². The molecule has 2 unspecified atom stereocenters. The molecule has 0 fully saturated rings. The largest absolute Gasteiger partial charge is 0.472 e. The molecule has 0 rings (SSSR count). The van der Waals surface area contributed by atoms with Crippen LogP contribution in [0.3, 0.4) is 0 Å². The first-order valence-electron chi connectivity index (χ1n) is 28.3. The van der Waals surface area contributed by atoms with E-state index >= 15 is 0 Å². The normalized spacial score (nSPS) is 14.2. The van der Waals surface area contributed by atoms with Gasteiger partial charge in [0, 0.05) is 12.8 Å². The number of nitrogens with zero attached hydrogens (tertiary/aromatic N) is 1. The van der Waals surface area contributed by atoms with E-state index in [-0.39, 0.29) is 32.0 Å². The third-order valence-electron chi connectivity index (χ3n) is 11.5. The summed E-state index contributed by atoms with van der Waals surface area (Å²) in [6, 6.07) is 0. The maximum Gasteiger partial charge on any atom is 0.472 e. The van der Waals surface area contributed by atoms with Crippen LogP contribution in [-0.4, -0.2) is 74.9 Å². The second-order valence-corrected chi connectivity index (χ2v) is 21.0. The molecule has 0 radical (unpaired) electrons. The summed E-state index contributed by atoms with van der Waals surface area (Å²) in [5.41, 5.74) is 0. The van der Waals surface area contributed by atoms with Crippen molar-refractivity contribution in [2.75, 3.05) is 47.5 Å². The molecule has 10 heteroatoms. The van der Waals surface area contributed by atoms with E-state index in [1.54, 1.807) is 0 Å². The summed E-state index contributed by atoms with van der Waals surface area (Å²) < 4.78 is 34.5. The van der Waals surface area contributed by atoms with E-state index in [0.29, 0.717) is 23.9 Å². The molecule has 0 bridgehead atoms. The summed E-state index contributed by atoms with van der Waals surface area (Å²) in [5, 5.41) is 0. The number of quaternary nitrogens is 1. The SMILES string of the molecule is CC/C=C\C/C=C\C/C=C\C/C=C\C/C=C\C/C=C\C/C=C\CCCCCCCCCC(=O)OC(COC(=O)CCCCCCCC/C=C\C/C=C\C/C=C\CCCCC)COP(=O)(O)OCC[N+](C)(C)C. The van der Waals surface area contributed by atoms with E-state index in [1.807, 2.05) is 21.1 Å². The van der Waals surface area contributed by atoms with Gasteiger partial charge in [0.2, 0.25) is 0 Å². The smallest absolute Gasteiger partial charge is 0.462 e. The van der Waals surface area contributed by atoms with Crippen molar-refractivity contribution < 1.29 is 42.1 Å². The summed E-state index contributed by atoms with van der Waals surface area (Å²) in [7, 11) is 1.44. The zero-order chi connectivity index (χ0) is 52.7. The zero-order valence-corrected chi connectivity index (χ0v) is 47.3. The number of carbonyl (C=O) groups excluding carboxylic acids is 2. The molecule has 0 aromatic heterocycles. The number of phosphoric acid groups is 1. The number of likely N-dealkylation sites (N-methyl/N-ethyl adjacent to an activating group) is 1. The average molecular weight is 1020 g/mol. The lowest BCUT2D eigenvalue weighted by Crippen LogP contribution is -2.37. The Morgan fingerprint density at radius 2 is 0.792 bits per heavy atom. The van der Waals surface area contributed by atoms with Crippen LogP contribution < -0.4 is 0 Å². The number of hydrogen-bond acceptors (Lipinski definition) is 7. The minimum atomic E-state index is -4.40. The first-order chi connectivity index (χ1) is 35.0. The minimum Gasteiger partial charge on any atom is -0.462 e. The number of esters is 2. The van der Waals surface area contributed by atoms with Gasteiger partial charge >= 0.3 is 19.8 Å². The van der Waals surface area contributed by atoms with E-state index in [4.69, 9.17) is 18.5 Å². The molecule has 0 aliphatic heterocycles. The predicted molar refractivity (Wildman–Crippen MR) is 307 cm³/mol. The highest BCUT2D eigenvalue weighted by molar-refractivity contribution is 7.47. The Morgan fingerprint density at radius 3 is 1.18 bits per heavy atom. The molecular weight excluding hydrogens is 918 g/mol. The Kier molecular flexibility index (Phi) is 49.7. The first-order valence-corrected chi connectivity index (χ1v) is 29.8. The standard InChI is InChI=1S/C62H104NO8P/c1-6-8-10-12-14-16-18-20-22-24-26-27-28-29-30-31-32-33-34-35-37-39-41-43-45-47-49-51-53-55-62(65)71-60(59-70-72(66,67)69-57-56-63(3,4)5)58-68-61(64)54-52-50-48-46-44-42-40-38-36-25-23-21-19-17-15-13-11-9-7-2/h8,10,14-17,20-23,26-27,29-30,32-33,35-38,60H,6-7,9,11-13,18-19,24-25,28,31,34,39-59H2,1-5H3/p+1/b10-8-,16-14-,17-15-,22-20-,23-21-,27-26-,30-29-,33-32-,37-35-,38-36-. The molecule has 1 N–H and O–H groups in total. The van der Waals surface area contributed by atoms with E-state index in [1.165, 1.54) is 57.8 Å². The molecule has 9 nitrogen and oxygen atoms in total. The van der Waals surface area contributed by atoms with Crippen molar-refractivity contribution in [1.82, 2.24) is 0 Å². The first kappa shape index (κ1) is 68.4. The van der Waals surface area contributed by atoms with Crippen LogP contribution in [0.2, 0.25) is 0 Å². The van der Waals surface area contributed by atoms with E-state index in [0.717, 1.165) is 109 Å². The molecule has 0 aromatic rings. The quantitative estimate of drug-likeness (QED) is 0.0211.